The van der Waals surface area contributed by atoms with E-state index in [1.807, 2.05) is 0 Å². The van der Waals surface area contributed by atoms with Crippen LogP contribution in [0.3, 0.4) is 0 Å². The highest BCUT2D eigenvalue weighted by atomic mass is 14.6. The fourth-order valence-electron chi connectivity index (χ4n) is 9.26. The van der Waals surface area contributed by atoms with Gasteiger partial charge in [-0.25, -0.2) is 0 Å². The molecule has 0 amide bonds. The molecule has 0 bridgehead atoms. The van der Waals surface area contributed by atoms with Crippen molar-refractivity contribution in [1.29, 1.82) is 0 Å². The van der Waals surface area contributed by atoms with Gasteiger partial charge >= 0.3 is 0 Å². The zero-order chi connectivity index (χ0) is 19.2. The Morgan fingerprint density at radius 3 is 2.44 bits per heavy atom. The first-order valence-corrected chi connectivity index (χ1v) is 12.6. The average Bonchev–Trinajstić information content (AvgIpc) is 2.85. The molecule has 4 rings (SSSR count). The molecule has 8 atom stereocenters. The van der Waals surface area contributed by atoms with Gasteiger partial charge in [-0.15, -0.1) is 0 Å². The van der Waals surface area contributed by atoms with E-state index in [2.05, 4.69) is 34.3 Å². The zero-order valence-corrected chi connectivity index (χ0v) is 18.9. The third kappa shape index (κ3) is 3.07. The molecule has 0 aliphatic heterocycles. The topological polar surface area (TPSA) is 0 Å². The molecule has 0 nitrogen and oxygen atoms in total. The second-order valence-corrected chi connectivity index (χ2v) is 11.5. The van der Waals surface area contributed by atoms with Gasteiger partial charge in [-0.2, -0.15) is 0 Å². The molecule has 0 N–H and O–H groups in total. The molecule has 4 saturated carbocycles. The average molecular weight is 371 g/mol. The Hall–Kier alpha value is -0.260. The quantitative estimate of drug-likeness (QED) is 0.437. The van der Waals surface area contributed by atoms with Gasteiger partial charge in [0.1, 0.15) is 0 Å². The van der Waals surface area contributed by atoms with Crippen LogP contribution in [0.25, 0.3) is 0 Å². The van der Waals surface area contributed by atoms with Gasteiger partial charge in [0, 0.05) is 0 Å². The molecule has 4 fully saturated rings. The predicted octanol–water partition coefficient (Wildman–Crippen LogP) is 8.42. The van der Waals surface area contributed by atoms with Crippen molar-refractivity contribution >= 4 is 0 Å². The summed E-state index contributed by atoms with van der Waals surface area (Å²) in [5.74, 6) is 5.88. The minimum absolute atomic E-state index is 0.550. The van der Waals surface area contributed by atoms with Gasteiger partial charge in [0.25, 0.3) is 0 Å². The van der Waals surface area contributed by atoms with Crippen LogP contribution >= 0.6 is 0 Å². The van der Waals surface area contributed by atoms with Gasteiger partial charge in [-0.05, 0) is 111 Å². The molecule has 0 aromatic heterocycles. The zero-order valence-electron chi connectivity index (χ0n) is 18.9. The highest BCUT2D eigenvalue weighted by Crippen LogP contribution is 2.67. The highest BCUT2D eigenvalue weighted by molar-refractivity contribution is 5.14. The van der Waals surface area contributed by atoms with E-state index in [0.717, 1.165) is 35.5 Å². The van der Waals surface area contributed by atoms with Crippen LogP contribution in [0.2, 0.25) is 0 Å². The van der Waals surface area contributed by atoms with E-state index < -0.39 is 0 Å². The predicted molar refractivity (Wildman–Crippen MR) is 118 cm³/mol. The Balaban J connectivity index is 1.66. The summed E-state index contributed by atoms with van der Waals surface area (Å²) in [7, 11) is 0. The van der Waals surface area contributed by atoms with Gasteiger partial charge in [0.2, 0.25) is 0 Å². The summed E-state index contributed by atoms with van der Waals surface area (Å²) in [6, 6.07) is 0. The lowest BCUT2D eigenvalue weighted by Gasteiger charge is -2.63. The summed E-state index contributed by atoms with van der Waals surface area (Å²) < 4.78 is 0. The van der Waals surface area contributed by atoms with Crippen molar-refractivity contribution in [2.75, 3.05) is 0 Å². The van der Waals surface area contributed by atoms with Crippen LogP contribution in [0, 0.1) is 46.3 Å². The maximum absolute atomic E-state index is 4.58. The normalized spacial score (nSPS) is 50.1. The van der Waals surface area contributed by atoms with Crippen molar-refractivity contribution in [2.24, 2.45) is 46.3 Å². The molecule has 0 heteroatoms. The molecule has 8 unspecified atom stereocenters. The molecule has 4 aliphatic rings. The first-order valence-electron chi connectivity index (χ1n) is 12.6. The third-order valence-corrected chi connectivity index (χ3v) is 10.7. The lowest BCUT2D eigenvalue weighted by Crippen LogP contribution is -2.55. The lowest BCUT2D eigenvalue weighted by atomic mass is 9.41. The maximum Gasteiger partial charge on any atom is -0.0149 e. The van der Waals surface area contributed by atoms with E-state index in [4.69, 9.17) is 0 Å². The number of hydrogen-bond acceptors (Lipinski definition) is 0. The first kappa shape index (κ1) is 20.0. The Labute approximate surface area is 170 Å². The third-order valence-electron chi connectivity index (χ3n) is 10.7. The van der Waals surface area contributed by atoms with Crippen LogP contribution in [0.15, 0.2) is 12.2 Å². The van der Waals surface area contributed by atoms with E-state index >= 15 is 0 Å². The molecule has 0 radical (unpaired) electrons. The standard InChI is InChI=1S/C27H46/c1-6-20(4)23-10-8-9-11-24-22-13-12-21-18-19(3)14-17-27(21,7-2)25(22)15-16-26(23,24)5/h19,21-25H,4,6-18H2,1-3,5H3. The molecule has 0 heterocycles. The van der Waals surface area contributed by atoms with Crippen LogP contribution < -0.4 is 0 Å². The van der Waals surface area contributed by atoms with Gasteiger partial charge < -0.3 is 0 Å². The molecule has 0 spiro atoms. The van der Waals surface area contributed by atoms with Crippen molar-refractivity contribution in [1.82, 2.24) is 0 Å². The largest absolute Gasteiger partial charge is 0.0996 e. The van der Waals surface area contributed by atoms with Crippen LogP contribution in [-0.2, 0) is 0 Å². The lowest BCUT2D eigenvalue weighted by molar-refractivity contribution is -0.137. The second-order valence-electron chi connectivity index (χ2n) is 11.5. The number of hydrogen-bond donors (Lipinski definition) is 0. The monoisotopic (exact) mass is 370 g/mol. The Bertz CT molecular complexity index is 546. The van der Waals surface area contributed by atoms with Crippen LogP contribution in [-0.4, -0.2) is 0 Å². The number of fused-ring (bicyclic) bond motifs is 5. The van der Waals surface area contributed by atoms with Gasteiger partial charge in [0.15, 0.2) is 0 Å². The number of rotatable bonds is 3. The molecule has 154 valence electrons. The van der Waals surface area contributed by atoms with Gasteiger partial charge in [-0.1, -0.05) is 59.1 Å². The van der Waals surface area contributed by atoms with Crippen molar-refractivity contribution in [2.45, 2.75) is 111 Å². The Morgan fingerprint density at radius 1 is 0.926 bits per heavy atom. The SMILES string of the molecule is C=C(CC)C1CCCCC2C3CCC4CC(C)CCC4(CC)C3CCC12C. The number of allylic oxidation sites excluding steroid dienone is 1. The van der Waals surface area contributed by atoms with Crippen LogP contribution in [0.5, 0.6) is 0 Å². The molecule has 0 aromatic rings. The summed E-state index contributed by atoms with van der Waals surface area (Å²) in [6.07, 6.45) is 19.2. The van der Waals surface area contributed by atoms with Crippen molar-refractivity contribution < 1.29 is 0 Å². The maximum atomic E-state index is 4.58. The van der Waals surface area contributed by atoms with E-state index in [0.29, 0.717) is 10.8 Å². The molecular formula is C27H46. The fourth-order valence-corrected chi connectivity index (χ4v) is 9.26. The van der Waals surface area contributed by atoms with Crippen molar-refractivity contribution in [3.05, 3.63) is 12.2 Å². The summed E-state index contributed by atoms with van der Waals surface area (Å²) in [4.78, 5) is 0. The minimum atomic E-state index is 0.550. The molecule has 4 aliphatic carbocycles. The second kappa shape index (κ2) is 7.53. The van der Waals surface area contributed by atoms with E-state index in [-0.39, 0.29) is 0 Å². The van der Waals surface area contributed by atoms with Gasteiger partial charge in [0.05, 0.1) is 0 Å². The Morgan fingerprint density at radius 2 is 1.70 bits per heavy atom. The molecular weight excluding hydrogens is 324 g/mol. The molecule has 27 heavy (non-hydrogen) atoms. The molecule has 0 saturated heterocycles. The first-order chi connectivity index (χ1) is 13.0. The summed E-state index contributed by atoms with van der Waals surface area (Å²) in [6.45, 7) is 14.7. The minimum Gasteiger partial charge on any atom is -0.0996 e. The van der Waals surface area contributed by atoms with Crippen molar-refractivity contribution in [3.63, 3.8) is 0 Å². The summed E-state index contributed by atoms with van der Waals surface area (Å²) >= 11 is 0. The highest BCUT2D eigenvalue weighted by Gasteiger charge is 2.59. The fraction of sp³-hybridized carbons (Fsp3) is 0.926. The van der Waals surface area contributed by atoms with Gasteiger partial charge in [-0.3, -0.25) is 0 Å². The molecule has 0 aromatic carbocycles. The summed E-state index contributed by atoms with van der Waals surface area (Å²) in [5.41, 5.74) is 2.84. The van der Waals surface area contributed by atoms with Crippen LogP contribution in [0.1, 0.15) is 111 Å². The van der Waals surface area contributed by atoms with Crippen molar-refractivity contribution in [3.8, 4) is 0 Å². The smallest absolute Gasteiger partial charge is 0.0149 e. The summed E-state index contributed by atoms with van der Waals surface area (Å²) in [5, 5.41) is 0. The van der Waals surface area contributed by atoms with Crippen LogP contribution in [0.4, 0.5) is 0 Å². The van der Waals surface area contributed by atoms with E-state index in [1.54, 1.807) is 24.8 Å². The Kier molecular flexibility index (Phi) is 5.59. The van der Waals surface area contributed by atoms with E-state index in [1.165, 1.54) is 64.2 Å². The van der Waals surface area contributed by atoms with E-state index in [9.17, 15) is 0 Å².